The third-order valence-corrected chi connectivity index (χ3v) is 4.58. The second-order valence-corrected chi connectivity index (χ2v) is 5.94. The number of carbonyl (C=O) groups is 1. The van der Waals surface area contributed by atoms with Crippen LogP contribution >= 0.6 is 0 Å². The summed E-state index contributed by atoms with van der Waals surface area (Å²) in [7, 11) is 0.277. The second kappa shape index (κ2) is 7.88. The van der Waals surface area contributed by atoms with Crippen LogP contribution in [0.3, 0.4) is 0 Å². The maximum Gasteiger partial charge on any atom is 0.231 e. The van der Waals surface area contributed by atoms with E-state index in [4.69, 9.17) is 0 Å². The van der Waals surface area contributed by atoms with E-state index in [1.807, 2.05) is 32.9 Å². The van der Waals surface area contributed by atoms with Crippen LogP contribution < -0.4 is 4.72 Å². The Balaban J connectivity index is 2.98. The maximum atomic E-state index is 11.9. The van der Waals surface area contributed by atoms with Gasteiger partial charge in [-0.15, -0.1) is 0 Å². The molecule has 0 saturated carbocycles. The van der Waals surface area contributed by atoms with E-state index in [-0.39, 0.29) is 5.91 Å². The first-order valence-corrected chi connectivity index (χ1v) is 7.98. The molecule has 4 nitrogen and oxygen atoms in total. The molecule has 0 aromatic heterocycles. The van der Waals surface area contributed by atoms with Gasteiger partial charge in [-0.3, -0.25) is 14.5 Å². The van der Waals surface area contributed by atoms with Gasteiger partial charge in [-0.1, -0.05) is 19.1 Å². The van der Waals surface area contributed by atoms with E-state index < -0.39 is 11.0 Å². The summed E-state index contributed by atoms with van der Waals surface area (Å²) in [5.74, 6) is -0.223. The van der Waals surface area contributed by atoms with Gasteiger partial charge >= 0.3 is 0 Å². The van der Waals surface area contributed by atoms with E-state index in [0.717, 1.165) is 22.4 Å². The summed E-state index contributed by atoms with van der Waals surface area (Å²) in [6, 6.07) is 7.37. The van der Waals surface area contributed by atoms with Gasteiger partial charge in [0.1, 0.15) is 0 Å². The lowest BCUT2D eigenvalue weighted by molar-refractivity contribution is -0.118. The lowest BCUT2D eigenvalue weighted by Crippen LogP contribution is -2.24. The van der Waals surface area contributed by atoms with Gasteiger partial charge < -0.3 is 0 Å². The predicted octanol–water partition coefficient (Wildman–Crippen LogP) is 3.12. The molecule has 0 spiro atoms. The van der Waals surface area contributed by atoms with Crippen molar-refractivity contribution in [2.24, 2.45) is 4.99 Å². The highest BCUT2D eigenvalue weighted by Crippen LogP contribution is 2.20. The van der Waals surface area contributed by atoms with Crippen LogP contribution in [-0.2, 0) is 15.8 Å². The molecule has 0 aliphatic carbocycles. The van der Waals surface area contributed by atoms with Crippen molar-refractivity contribution in [2.75, 3.05) is 7.05 Å². The smallest absolute Gasteiger partial charge is 0.231 e. The van der Waals surface area contributed by atoms with Gasteiger partial charge in [0.05, 0.1) is 4.90 Å². The molecule has 0 aliphatic heterocycles. The Morgan fingerprint density at radius 1 is 1.19 bits per heavy atom. The summed E-state index contributed by atoms with van der Waals surface area (Å²) < 4.78 is 14.4. The van der Waals surface area contributed by atoms with Crippen molar-refractivity contribution >= 4 is 28.2 Å². The molecule has 1 amide bonds. The molecule has 114 valence electrons. The van der Waals surface area contributed by atoms with E-state index in [1.165, 1.54) is 0 Å². The van der Waals surface area contributed by atoms with Crippen LogP contribution in [0.5, 0.6) is 0 Å². The molecule has 0 bridgehead atoms. The number of benzene rings is 1. The SMILES string of the molecule is CCC(=O)NS(=O)c1ccc(/C(C)=C(\C)C(C)=NC)cc1. The molecule has 1 rings (SSSR count). The summed E-state index contributed by atoms with van der Waals surface area (Å²) in [5.41, 5.74) is 4.31. The quantitative estimate of drug-likeness (QED) is 0.850. The monoisotopic (exact) mass is 306 g/mol. The molecule has 0 fully saturated rings. The fourth-order valence-corrected chi connectivity index (χ4v) is 2.57. The fraction of sp³-hybridized carbons (Fsp3) is 0.375. The van der Waals surface area contributed by atoms with Gasteiger partial charge in [0.2, 0.25) is 5.91 Å². The Morgan fingerprint density at radius 2 is 1.76 bits per heavy atom. The van der Waals surface area contributed by atoms with E-state index in [0.29, 0.717) is 11.3 Å². The number of aliphatic imine (C=N–C) groups is 1. The summed E-state index contributed by atoms with van der Waals surface area (Å²) in [6.45, 7) is 7.77. The third-order valence-electron chi connectivity index (χ3n) is 3.47. The predicted molar refractivity (Wildman–Crippen MR) is 88.6 cm³/mol. The number of rotatable bonds is 5. The summed E-state index contributed by atoms with van der Waals surface area (Å²) in [4.78, 5) is 16.0. The van der Waals surface area contributed by atoms with Crippen molar-refractivity contribution in [3.8, 4) is 0 Å². The van der Waals surface area contributed by atoms with E-state index >= 15 is 0 Å². The molecular formula is C16H22N2O2S. The molecule has 21 heavy (non-hydrogen) atoms. The molecule has 1 aromatic carbocycles. The number of hydrogen-bond donors (Lipinski definition) is 1. The lowest BCUT2D eigenvalue weighted by atomic mass is 10.00. The van der Waals surface area contributed by atoms with Crippen LogP contribution in [-0.4, -0.2) is 22.9 Å². The molecule has 0 radical (unpaired) electrons. The van der Waals surface area contributed by atoms with Gasteiger partial charge in [-0.25, -0.2) is 4.21 Å². The van der Waals surface area contributed by atoms with Crippen LogP contribution in [0.25, 0.3) is 5.57 Å². The number of carbonyl (C=O) groups excluding carboxylic acids is 1. The Bertz CT molecular complexity index is 601. The van der Waals surface area contributed by atoms with Crippen LogP contribution in [0.15, 0.2) is 39.7 Å². The first-order valence-electron chi connectivity index (χ1n) is 6.83. The Labute approximate surface area is 129 Å². The number of nitrogens with one attached hydrogen (secondary N) is 1. The molecular weight excluding hydrogens is 284 g/mol. The normalized spacial score (nSPS) is 14.4. The molecule has 0 aliphatic rings. The van der Waals surface area contributed by atoms with Gasteiger partial charge in [-0.2, -0.15) is 0 Å². The van der Waals surface area contributed by atoms with Crippen molar-refractivity contribution in [3.63, 3.8) is 0 Å². The van der Waals surface area contributed by atoms with Gasteiger partial charge in [0.25, 0.3) is 0 Å². The number of amides is 1. The lowest BCUT2D eigenvalue weighted by Gasteiger charge is -2.09. The van der Waals surface area contributed by atoms with Crippen molar-refractivity contribution in [3.05, 3.63) is 35.4 Å². The number of allylic oxidation sites excluding steroid dienone is 2. The minimum Gasteiger partial charge on any atom is -0.293 e. The minimum absolute atomic E-state index is 0.223. The largest absolute Gasteiger partial charge is 0.293 e. The highest BCUT2D eigenvalue weighted by Gasteiger charge is 2.08. The first-order chi connectivity index (χ1) is 9.90. The van der Waals surface area contributed by atoms with Gasteiger partial charge in [0.15, 0.2) is 11.0 Å². The molecule has 5 heteroatoms. The highest BCUT2D eigenvalue weighted by atomic mass is 32.2. The van der Waals surface area contributed by atoms with Crippen LogP contribution in [0, 0.1) is 0 Å². The van der Waals surface area contributed by atoms with Crippen LogP contribution in [0.4, 0.5) is 0 Å². The zero-order chi connectivity index (χ0) is 16.0. The van der Waals surface area contributed by atoms with Crippen molar-refractivity contribution in [2.45, 2.75) is 39.0 Å². The zero-order valence-electron chi connectivity index (χ0n) is 13.2. The van der Waals surface area contributed by atoms with Gasteiger partial charge in [-0.05, 0) is 49.6 Å². The molecule has 1 atom stereocenters. The van der Waals surface area contributed by atoms with E-state index in [1.54, 1.807) is 26.1 Å². The van der Waals surface area contributed by atoms with E-state index in [2.05, 4.69) is 9.71 Å². The van der Waals surface area contributed by atoms with E-state index in [9.17, 15) is 9.00 Å². The summed E-state index contributed by atoms with van der Waals surface area (Å²) in [6.07, 6.45) is 0.320. The molecule has 1 N–H and O–H groups in total. The van der Waals surface area contributed by atoms with Crippen molar-refractivity contribution in [1.82, 2.24) is 4.72 Å². The fourth-order valence-electron chi connectivity index (χ4n) is 1.72. The topological polar surface area (TPSA) is 58.5 Å². The minimum atomic E-state index is -1.50. The zero-order valence-corrected chi connectivity index (χ0v) is 14.0. The second-order valence-electron chi connectivity index (χ2n) is 4.73. The van der Waals surface area contributed by atoms with Crippen molar-refractivity contribution < 1.29 is 9.00 Å². The third kappa shape index (κ3) is 4.63. The average Bonchev–Trinajstić information content (AvgIpc) is 2.52. The highest BCUT2D eigenvalue weighted by molar-refractivity contribution is 7.83. The Morgan fingerprint density at radius 3 is 2.24 bits per heavy atom. The molecule has 1 aromatic rings. The molecule has 0 saturated heterocycles. The van der Waals surface area contributed by atoms with Crippen LogP contribution in [0.2, 0.25) is 0 Å². The van der Waals surface area contributed by atoms with Gasteiger partial charge in [0, 0.05) is 19.2 Å². The number of nitrogens with zero attached hydrogens (tertiary/aromatic N) is 1. The molecule has 0 heterocycles. The van der Waals surface area contributed by atoms with Crippen molar-refractivity contribution in [1.29, 1.82) is 0 Å². The summed E-state index contributed by atoms with van der Waals surface area (Å²) in [5, 5.41) is 0. The standard InChI is InChI=1S/C16H22N2O2S/c1-6-16(19)18-21(20)15-9-7-14(8-10-15)12(3)11(2)13(4)17-5/h7-10H,6H2,1-5H3,(H,18,19)/b12-11+,17-13?. The average molecular weight is 306 g/mol. The molecule has 1 unspecified atom stereocenters. The number of hydrogen-bond acceptors (Lipinski definition) is 3. The summed E-state index contributed by atoms with van der Waals surface area (Å²) >= 11 is 0. The van der Waals surface area contributed by atoms with Crippen LogP contribution in [0.1, 0.15) is 39.7 Å². The Kier molecular flexibility index (Phi) is 6.49. The first kappa shape index (κ1) is 17.3. The Hall–Kier alpha value is -1.75. The maximum absolute atomic E-state index is 11.9.